The molecular weight excluding hydrogens is 170 g/mol. The molecule has 0 aliphatic carbocycles. The maximum Gasteiger partial charge on any atom is 0.192 e. The zero-order valence-electron chi connectivity index (χ0n) is 7.00. The van der Waals surface area contributed by atoms with Crippen molar-refractivity contribution in [2.45, 2.75) is 11.8 Å². The number of fused-ring (bicyclic) bond motifs is 1. The zero-order valence-corrected chi connectivity index (χ0v) is 7.81. The lowest BCUT2D eigenvalue weighted by Crippen LogP contribution is -1.73. The maximum absolute atomic E-state index is 5.39. The van der Waals surface area contributed by atoms with Gasteiger partial charge in [-0.1, -0.05) is 6.07 Å². The van der Waals surface area contributed by atoms with Gasteiger partial charge in [-0.15, -0.1) is 11.8 Å². The van der Waals surface area contributed by atoms with Gasteiger partial charge in [0.2, 0.25) is 0 Å². The summed E-state index contributed by atoms with van der Waals surface area (Å²) in [6, 6.07) is 5.98. The molecule has 62 valence electrons. The Bertz CT molecular complexity index is 408. The summed E-state index contributed by atoms with van der Waals surface area (Å²) in [6.45, 7) is 1.87. The molecule has 1 aromatic heterocycles. The van der Waals surface area contributed by atoms with Gasteiger partial charge in [0.15, 0.2) is 11.5 Å². The molecule has 1 aromatic carbocycles. The number of nitrogens with zero attached hydrogens (tertiary/aromatic N) is 1. The van der Waals surface area contributed by atoms with Gasteiger partial charge in [0, 0.05) is 11.8 Å². The highest BCUT2D eigenvalue weighted by atomic mass is 32.2. The van der Waals surface area contributed by atoms with Gasteiger partial charge in [-0.2, -0.15) is 0 Å². The first kappa shape index (κ1) is 7.68. The number of aryl methyl sites for hydroxylation is 1. The fourth-order valence-electron chi connectivity index (χ4n) is 1.20. The van der Waals surface area contributed by atoms with Crippen molar-refractivity contribution >= 4 is 22.9 Å². The predicted octanol–water partition coefficient (Wildman–Crippen LogP) is 2.86. The van der Waals surface area contributed by atoms with E-state index in [4.69, 9.17) is 4.42 Å². The Kier molecular flexibility index (Phi) is 1.81. The fraction of sp³-hybridized carbons (Fsp3) is 0.222. The van der Waals surface area contributed by atoms with Crippen LogP contribution >= 0.6 is 11.8 Å². The lowest BCUT2D eigenvalue weighted by Gasteiger charge is -1.93. The highest BCUT2D eigenvalue weighted by Gasteiger charge is 2.04. The van der Waals surface area contributed by atoms with E-state index in [-0.39, 0.29) is 0 Å². The molecule has 0 radical (unpaired) electrons. The highest BCUT2D eigenvalue weighted by molar-refractivity contribution is 7.98. The van der Waals surface area contributed by atoms with Crippen LogP contribution in [0.25, 0.3) is 11.1 Å². The van der Waals surface area contributed by atoms with Gasteiger partial charge >= 0.3 is 0 Å². The Morgan fingerprint density at radius 2 is 2.25 bits per heavy atom. The number of rotatable bonds is 1. The van der Waals surface area contributed by atoms with Crippen LogP contribution in [0, 0.1) is 6.92 Å². The summed E-state index contributed by atoms with van der Waals surface area (Å²) in [4.78, 5) is 5.47. The minimum Gasteiger partial charge on any atom is -0.441 e. The molecular formula is C9H9NOS. The second-order valence-corrected chi connectivity index (χ2v) is 3.39. The lowest BCUT2D eigenvalue weighted by molar-refractivity contribution is 0.561. The Labute approximate surface area is 75.0 Å². The summed E-state index contributed by atoms with van der Waals surface area (Å²) < 4.78 is 5.39. The third kappa shape index (κ3) is 1.10. The molecule has 2 nitrogen and oxygen atoms in total. The third-order valence-corrected chi connectivity index (χ3v) is 2.48. The van der Waals surface area contributed by atoms with E-state index in [9.17, 15) is 0 Å². The van der Waals surface area contributed by atoms with Crippen molar-refractivity contribution in [1.29, 1.82) is 0 Å². The van der Waals surface area contributed by atoms with Crippen molar-refractivity contribution in [3.05, 3.63) is 24.1 Å². The van der Waals surface area contributed by atoms with Gasteiger partial charge in [0.25, 0.3) is 0 Å². The van der Waals surface area contributed by atoms with Crippen LogP contribution in [0.5, 0.6) is 0 Å². The Morgan fingerprint density at radius 3 is 3.00 bits per heavy atom. The molecule has 1 heterocycles. The van der Waals surface area contributed by atoms with Crippen LogP contribution in [0.4, 0.5) is 0 Å². The van der Waals surface area contributed by atoms with E-state index in [1.807, 2.05) is 25.3 Å². The van der Waals surface area contributed by atoms with Crippen LogP contribution in [0.2, 0.25) is 0 Å². The number of thioether (sulfide) groups is 1. The minimum atomic E-state index is 0.728. The average molecular weight is 179 g/mol. The standard InChI is InChI=1S/C9H9NOS/c1-6-10-9-7(11-6)4-3-5-8(9)12-2/h3-5H,1-2H3. The van der Waals surface area contributed by atoms with Crippen LogP contribution in [0.15, 0.2) is 27.5 Å². The molecule has 2 rings (SSSR count). The normalized spacial score (nSPS) is 10.8. The van der Waals surface area contributed by atoms with Crippen molar-refractivity contribution in [3.8, 4) is 0 Å². The van der Waals surface area contributed by atoms with Crippen molar-refractivity contribution in [2.75, 3.05) is 6.26 Å². The second kappa shape index (κ2) is 2.83. The third-order valence-electron chi connectivity index (χ3n) is 1.71. The molecule has 12 heavy (non-hydrogen) atoms. The summed E-state index contributed by atoms with van der Waals surface area (Å²) in [5.74, 6) is 0.728. The van der Waals surface area contributed by atoms with E-state index < -0.39 is 0 Å². The van der Waals surface area contributed by atoms with Crippen LogP contribution in [0.3, 0.4) is 0 Å². The molecule has 0 amide bonds. The monoisotopic (exact) mass is 179 g/mol. The van der Waals surface area contributed by atoms with Crippen LogP contribution in [0.1, 0.15) is 5.89 Å². The van der Waals surface area contributed by atoms with E-state index in [0.29, 0.717) is 0 Å². The minimum absolute atomic E-state index is 0.728. The number of benzene rings is 1. The molecule has 0 aliphatic rings. The molecule has 0 atom stereocenters. The molecule has 0 N–H and O–H groups in total. The molecule has 3 heteroatoms. The largest absolute Gasteiger partial charge is 0.441 e. The molecule has 0 bridgehead atoms. The average Bonchev–Trinajstić information content (AvgIpc) is 2.44. The number of aromatic nitrogens is 1. The summed E-state index contributed by atoms with van der Waals surface area (Å²) in [6.07, 6.45) is 2.04. The van der Waals surface area contributed by atoms with Crippen LogP contribution < -0.4 is 0 Å². The van der Waals surface area contributed by atoms with Gasteiger partial charge in [0.1, 0.15) is 5.52 Å². The quantitative estimate of drug-likeness (QED) is 0.629. The maximum atomic E-state index is 5.39. The van der Waals surface area contributed by atoms with Gasteiger partial charge < -0.3 is 4.42 Å². The topological polar surface area (TPSA) is 26.0 Å². The van der Waals surface area contributed by atoms with Gasteiger partial charge in [-0.25, -0.2) is 4.98 Å². The van der Waals surface area contributed by atoms with E-state index in [2.05, 4.69) is 11.1 Å². The Morgan fingerprint density at radius 1 is 1.42 bits per heavy atom. The van der Waals surface area contributed by atoms with Gasteiger partial charge in [-0.3, -0.25) is 0 Å². The molecule has 0 unspecified atom stereocenters. The van der Waals surface area contributed by atoms with Crippen molar-refractivity contribution in [3.63, 3.8) is 0 Å². The lowest BCUT2D eigenvalue weighted by atomic mass is 10.3. The molecule has 0 saturated carbocycles. The van der Waals surface area contributed by atoms with Gasteiger partial charge in [0.05, 0.1) is 0 Å². The first-order valence-electron chi connectivity index (χ1n) is 3.71. The Hall–Kier alpha value is -0.960. The van der Waals surface area contributed by atoms with E-state index in [1.54, 1.807) is 11.8 Å². The van der Waals surface area contributed by atoms with E-state index in [1.165, 1.54) is 4.90 Å². The number of hydrogen-bond acceptors (Lipinski definition) is 3. The SMILES string of the molecule is CSc1cccc2oc(C)nc12. The summed E-state index contributed by atoms with van der Waals surface area (Å²) in [7, 11) is 0. The van der Waals surface area contributed by atoms with E-state index in [0.717, 1.165) is 17.0 Å². The number of oxazole rings is 1. The van der Waals surface area contributed by atoms with Crippen LogP contribution in [-0.4, -0.2) is 11.2 Å². The zero-order chi connectivity index (χ0) is 8.55. The summed E-state index contributed by atoms with van der Waals surface area (Å²) in [5.41, 5.74) is 1.85. The Balaban J connectivity index is 2.78. The van der Waals surface area contributed by atoms with Crippen molar-refractivity contribution in [1.82, 2.24) is 4.98 Å². The number of para-hydroxylation sites is 1. The fourth-order valence-corrected chi connectivity index (χ4v) is 1.75. The summed E-state index contributed by atoms with van der Waals surface area (Å²) >= 11 is 1.69. The summed E-state index contributed by atoms with van der Waals surface area (Å²) in [5, 5.41) is 0. The predicted molar refractivity (Wildman–Crippen MR) is 50.5 cm³/mol. The molecule has 0 saturated heterocycles. The molecule has 0 aliphatic heterocycles. The first-order chi connectivity index (χ1) is 5.81. The van der Waals surface area contributed by atoms with Crippen molar-refractivity contribution in [2.24, 2.45) is 0 Å². The molecule has 2 aromatic rings. The smallest absolute Gasteiger partial charge is 0.192 e. The second-order valence-electron chi connectivity index (χ2n) is 2.54. The first-order valence-corrected chi connectivity index (χ1v) is 4.94. The van der Waals surface area contributed by atoms with Gasteiger partial charge in [-0.05, 0) is 18.4 Å². The van der Waals surface area contributed by atoms with Crippen LogP contribution in [-0.2, 0) is 0 Å². The number of hydrogen-bond donors (Lipinski definition) is 0. The highest BCUT2D eigenvalue weighted by Crippen LogP contribution is 2.25. The molecule has 0 fully saturated rings. The molecule has 0 spiro atoms. The van der Waals surface area contributed by atoms with Crippen molar-refractivity contribution < 1.29 is 4.42 Å². The van der Waals surface area contributed by atoms with E-state index >= 15 is 0 Å².